The lowest BCUT2D eigenvalue weighted by molar-refractivity contribution is -0.418. The van der Waals surface area contributed by atoms with Crippen LogP contribution in [0.4, 0.5) is 0 Å². The molecule has 1 aliphatic heterocycles. The zero-order valence-electron chi connectivity index (χ0n) is 19.6. The average molecular weight is 499 g/mol. The van der Waals surface area contributed by atoms with Crippen molar-refractivity contribution in [1.29, 1.82) is 5.26 Å². The van der Waals surface area contributed by atoms with E-state index in [1.54, 1.807) is 19.1 Å². The maximum atomic E-state index is 12.4. The summed E-state index contributed by atoms with van der Waals surface area (Å²) in [6.45, 7) is 1.06. The number of carbonyl (C=O) groups excluding carboxylic acids is 1. The number of fused-ring (bicyclic) bond motifs is 3. The van der Waals surface area contributed by atoms with E-state index in [0.29, 0.717) is 26.7 Å². The Kier molecular flexibility index (Phi) is 6.22. The second-order valence-corrected chi connectivity index (χ2v) is 8.41. The van der Waals surface area contributed by atoms with Crippen LogP contribution in [-0.4, -0.2) is 65.6 Å². The molecular formula is C25H21N7O5. The summed E-state index contributed by atoms with van der Waals surface area (Å²) >= 11 is 0. The number of amides is 1. The van der Waals surface area contributed by atoms with Crippen molar-refractivity contribution in [3.8, 4) is 11.9 Å². The number of allylic oxidation sites excluding steroid dienone is 1. The molecule has 1 atom stereocenters. The number of aliphatic hydroxyl groups is 2. The van der Waals surface area contributed by atoms with E-state index >= 15 is 0 Å². The zero-order valence-corrected chi connectivity index (χ0v) is 19.6. The van der Waals surface area contributed by atoms with Gasteiger partial charge >= 0.3 is 0 Å². The summed E-state index contributed by atoms with van der Waals surface area (Å²) in [7, 11) is 0. The predicted molar refractivity (Wildman–Crippen MR) is 131 cm³/mol. The van der Waals surface area contributed by atoms with Gasteiger partial charge in [0, 0.05) is 27.9 Å². The molecule has 0 saturated heterocycles. The summed E-state index contributed by atoms with van der Waals surface area (Å²) in [6, 6.07) is 13.6. The molecule has 2 aromatic heterocycles. The first-order chi connectivity index (χ1) is 17.9. The third kappa shape index (κ3) is 4.22. The lowest BCUT2D eigenvalue weighted by Gasteiger charge is -2.15. The Balaban J connectivity index is 1.48. The van der Waals surface area contributed by atoms with Gasteiger partial charge in [-0.1, -0.05) is 24.3 Å². The van der Waals surface area contributed by atoms with E-state index in [0.717, 1.165) is 0 Å². The van der Waals surface area contributed by atoms with E-state index in [1.807, 2.05) is 24.3 Å². The fourth-order valence-corrected chi connectivity index (χ4v) is 3.89. The normalized spacial score (nSPS) is 13.7. The topological polar surface area (TPSA) is 172 Å². The number of aliphatic hydroxyl groups excluding tert-OH is 2. The van der Waals surface area contributed by atoms with Crippen LogP contribution in [0.2, 0.25) is 0 Å². The van der Waals surface area contributed by atoms with Gasteiger partial charge in [0.1, 0.15) is 13.2 Å². The number of nitrogens with one attached hydrogen (secondary N) is 1. The minimum absolute atomic E-state index is 0.0173. The van der Waals surface area contributed by atoms with Gasteiger partial charge in [-0.05, 0) is 25.1 Å². The van der Waals surface area contributed by atoms with E-state index in [9.17, 15) is 20.4 Å². The Morgan fingerprint density at radius 2 is 2.03 bits per heavy atom. The molecule has 0 spiro atoms. The molecule has 0 aliphatic carbocycles. The Hall–Kier alpha value is -4.86. The zero-order chi connectivity index (χ0) is 26.1. The van der Waals surface area contributed by atoms with Gasteiger partial charge in [0.2, 0.25) is 11.6 Å². The molecule has 1 amide bonds. The van der Waals surface area contributed by atoms with Crippen molar-refractivity contribution in [1.82, 2.24) is 25.1 Å². The van der Waals surface area contributed by atoms with Gasteiger partial charge in [0.05, 0.1) is 24.3 Å². The van der Waals surface area contributed by atoms with E-state index in [1.165, 1.54) is 16.7 Å². The number of benzene rings is 2. The molecule has 5 rings (SSSR count). The second kappa shape index (κ2) is 9.65. The van der Waals surface area contributed by atoms with E-state index in [-0.39, 0.29) is 47.5 Å². The van der Waals surface area contributed by atoms with E-state index in [2.05, 4.69) is 26.7 Å². The summed E-state index contributed by atoms with van der Waals surface area (Å²) in [5.41, 5.74) is 1.93. The van der Waals surface area contributed by atoms with Gasteiger partial charge in [0.15, 0.2) is 5.65 Å². The molecule has 186 valence electrons. The Labute approximate surface area is 209 Å². The highest BCUT2D eigenvalue weighted by Crippen LogP contribution is 2.28. The van der Waals surface area contributed by atoms with Crippen LogP contribution in [0.15, 0.2) is 54.2 Å². The van der Waals surface area contributed by atoms with Crippen LogP contribution in [0.3, 0.4) is 0 Å². The van der Waals surface area contributed by atoms with Crippen molar-refractivity contribution in [2.45, 2.75) is 19.6 Å². The SMILES string of the molecule is C[C@H](CO)NC(=O)c1ccc(COc2nn3c(C4=[N+]([O-])C(CO)=C4)nnc3c3ccccc23)c(C#N)c1. The Morgan fingerprint density at radius 1 is 1.24 bits per heavy atom. The number of ether oxygens (including phenoxy) is 1. The number of hydroxylamine groups is 1. The molecule has 12 nitrogen and oxygen atoms in total. The van der Waals surface area contributed by atoms with Crippen molar-refractivity contribution < 1.29 is 24.5 Å². The van der Waals surface area contributed by atoms with Crippen LogP contribution >= 0.6 is 0 Å². The number of nitriles is 1. The van der Waals surface area contributed by atoms with Crippen LogP contribution < -0.4 is 10.1 Å². The van der Waals surface area contributed by atoms with Gasteiger partial charge in [0.25, 0.3) is 17.4 Å². The first-order valence-electron chi connectivity index (χ1n) is 11.3. The van der Waals surface area contributed by atoms with Gasteiger partial charge in [-0.15, -0.1) is 15.3 Å². The molecule has 12 heteroatoms. The quantitative estimate of drug-likeness (QED) is 0.236. The molecule has 4 aromatic rings. The molecule has 0 bridgehead atoms. The minimum Gasteiger partial charge on any atom is -0.618 e. The van der Waals surface area contributed by atoms with Gasteiger partial charge in [-0.25, -0.2) is 0 Å². The van der Waals surface area contributed by atoms with Crippen LogP contribution in [-0.2, 0) is 6.61 Å². The molecule has 3 heterocycles. The second-order valence-electron chi connectivity index (χ2n) is 8.41. The Morgan fingerprint density at radius 3 is 2.73 bits per heavy atom. The van der Waals surface area contributed by atoms with Crippen molar-refractivity contribution >= 4 is 28.0 Å². The minimum atomic E-state index is -0.421. The molecular weight excluding hydrogens is 478 g/mol. The standard InChI is InChI=1S/C25H21N7O5/c1-14(11-33)27-24(35)15-6-7-16(17(8-15)10-26)13-37-25-20-5-3-2-4-19(20)22-28-29-23(31(22)30-25)21-9-18(12-34)32(21)36/h2-9,14,33-34H,11-13H2,1H3,(H,27,35)/t14-/m1/s1. The third-order valence-corrected chi connectivity index (χ3v) is 5.91. The van der Waals surface area contributed by atoms with Gasteiger partial charge in [-0.2, -0.15) is 14.5 Å². The van der Waals surface area contributed by atoms with Crippen LogP contribution in [0, 0.1) is 16.5 Å². The fourth-order valence-electron chi connectivity index (χ4n) is 3.89. The average Bonchev–Trinajstić information content (AvgIpc) is 3.34. The summed E-state index contributed by atoms with van der Waals surface area (Å²) in [4.78, 5) is 12.4. The van der Waals surface area contributed by atoms with Crippen LogP contribution in [0.5, 0.6) is 5.88 Å². The number of carbonyl (C=O) groups is 1. The Bertz CT molecular complexity index is 1650. The monoisotopic (exact) mass is 499 g/mol. The summed E-state index contributed by atoms with van der Waals surface area (Å²) in [6.07, 6.45) is 1.51. The summed E-state index contributed by atoms with van der Waals surface area (Å²) in [5, 5.41) is 57.1. The molecule has 0 unspecified atom stereocenters. The highest BCUT2D eigenvalue weighted by molar-refractivity contribution is 6.07. The van der Waals surface area contributed by atoms with Crippen molar-refractivity contribution in [3.63, 3.8) is 0 Å². The molecule has 3 N–H and O–H groups in total. The molecule has 0 fully saturated rings. The highest BCUT2D eigenvalue weighted by atomic mass is 16.5. The van der Waals surface area contributed by atoms with Crippen LogP contribution in [0.1, 0.15) is 34.2 Å². The van der Waals surface area contributed by atoms with E-state index in [4.69, 9.17) is 9.84 Å². The molecule has 0 saturated carbocycles. The smallest absolute Gasteiger partial charge is 0.270 e. The van der Waals surface area contributed by atoms with Crippen molar-refractivity contribution in [2.24, 2.45) is 0 Å². The third-order valence-electron chi connectivity index (χ3n) is 5.91. The number of nitrogens with zero attached hydrogens (tertiary/aromatic N) is 6. The summed E-state index contributed by atoms with van der Waals surface area (Å²) < 4.78 is 8.02. The lowest BCUT2D eigenvalue weighted by atomic mass is 10.0. The lowest BCUT2D eigenvalue weighted by Crippen LogP contribution is -2.35. The maximum Gasteiger partial charge on any atom is 0.270 e. The molecule has 37 heavy (non-hydrogen) atoms. The fraction of sp³-hybridized carbons (Fsp3) is 0.200. The maximum absolute atomic E-state index is 12.4. The highest BCUT2D eigenvalue weighted by Gasteiger charge is 2.31. The van der Waals surface area contributed by atoms with E-state index < -0.39 is 18.6 Å². The predicted octanol–water partition coefficient (Wildman–Crippen LogP) is 1.03. The molecule has 0 radical (unpaired) electrons. The van der Waals surface area contributed by atoms with Gasteiger partial charge in [-0.3, -0.25) is 4.79 Å². The number of hydrogen-bond acceptors (Lipinski definition) is 9. The van der Waals surface area contributed by atoms with Crippen molar-refractivity contribution in [2.75, 3.05) is 13.2 Å². The van der Waals surface area contributed by atoms with Crippen molar-refractivity contribution in [3.05, 3.63) is 82.0 Å². The van der Waals surface area contributed by atoms with Gasteiger partial charge < -0.3 is 25.5 Å². The van der Waals surface area contributed by atoms with Crippen LogP contribution in [0.25, 0.3) is 16.4 Å². The molecule has 1 aliphatic rings. The number of hydrogen-bond donors (Lipinski definition) is 3. The largest absolute Gasteiger partial charge is 0.618 e. The number of aromatic nitrogens is 4. The summed E-state index contributed by atoms with van der Waals surface area (Å²) in [5.74, 6) is 0.0291. The number of rotatable bonds is 8. The first-order valence-corrected chi connectivity index (χ1v) is 11.3. The first kappa shape index (κ1) is 23.9. The molecule has 2 aromatic carbocycles.